The second-order valence-corrected chi connectivity index (χ2v) is 18.8. The first-order chi connectivity index (χ1) is 24.1. The normalized spacial score (nSPS) is 12.2. The summed E-state index contributed by atoms with van der Waals surface area (Å²) in [7, 11) is 5.09. The number of nitrogens with zero attached hydrogens (tertiary/aromatic N) is 1. The molecule has 0 atom stereocenters. The lowest BCUT2D eigenvalue weighted by Gasteiger charge is -2.30. The van der Waals surface area contributed by atoms with Gasteiger partial charge >= 0.3 is 8.80 Å². The van der Waals surface area contributed by atoms with E-state index in [1.54, 1.807) is 21.3 Å². The predicted molar refractivity (Wildman–Crippen MR) is 221 cm³/mol. The number of rotatable bonds is 42. The number of unbranched alkanes of at least 4 members (excludes halogenated alkanes) is 30. The predicted octanol–water partition coefficient (Wildman–Crippen LogP) is 14.9. The highest BCUT2D eigenvalue weighted by Gasteiger charge is 2.37. The van der Waals surface area contributed by atoms with Crippen LogP contribution in [0.3, 0.4) is 0 Å². The fourth-order valence-electron chi connectivity index (χ4n) is 7.72. The van der Waals surface area contributed by atoms with E-state index < -0.39 is 8.80 Å². The first-order valence-corrected chi connectivity index (χ1v) is 24.4. The Morgan fingerprint density at radius 2 is 0.612 bits per heavy atom. The van der Waals surface area contributed by atoms with Gasteiger partial charge in [-0.25, -0.2) is 0 Å². The molecule has 0 saturated heterocycles. The first kappa shape index (κ1) is 49.1. The molecule has 0 radical (unpaired) electrons. The third kappa shape index (κ3) is 32.4. The van der Waals surface area contributed by atoms with Crippen molar-refractivity contribution in [3.8, 4) is 0 Å². The Bertz CT molecular complexity index is 573. The molecule has 0 aromatic heterocycles. The molecule has 0 unspecified atom stereocenters. The maximum Gasteiger partial charge on any atom is 0.500 e. The van der Waals surface area contributed by atoms with E-state index in [9.17, 15) is 0 Å². The zero-order valence-corrected chi connectivity index (χ0v) is 35.9. The van der Waals surface area contributed by atoms with Crippen LogP contribution in [0, 0.1) is 0 Å². The van der Waals surface area contributed by atoms with Gasteiger partial charge in [-0.2, -0.15) is 0 Å². The van der Waals surface area contributed by atoms with Crippen molar-refractivity contribution in [1.82, 2.24) is 4.90 Å². The molecule has 4 nitrogen and oxygen atoms in total. The third-order valence-corrected chi connectivity index (χ3v) is 14.2. The van der Waals surface area contributed by atoms with Gasteiger partial charge in [0.25, 0.3) is 0 Å². The van der Waals surface area contributed by atoms with E-state index in [1.165, 1.54) is 218 Å². The molecule has 0 aromatic carbocycles. The molecule has 296 valence electrons. The van der Waals surface area contributed by atoms with Crippen LogP contribution in [0.25, 0.3) is 0 Å². The molecule has 0 heterocycles. The van der Waals surface area contributed by atoms with Gasteiger partial charge in [-0.1, -0.05) is 219 Å². The van der Waals surface area contributed by atoms with Gasteiger partial charge in [-0.05, 0) is 32.9 Å². The summed E-state index contributed by atoms with van der Waals surface area (Å²) in [6.45, 7) is 5.72. The van der Waals surface area contributed by atoms with Crippen LogP contribution in [-0.4, -0.2) is 54.7 Å². The Labute approximate surface area is 311 Å². The second kappa shape index (κ2) is 39.3. The fraction of sp³-hybridized carbons (Fsp3) is 1.00. The Hall–Kier alpha value is 0.0569. The summed E-state index contributed by atoms with van der Waals surface area (Å²) in [4.78, 5) is 2.65. The van der Waals surface area contributed by atoms with E-state index >= 15 is 0 Å². The van der Waals surface area contributed by atoms with Crippen molar-refractivity contribution in [3.05, 3.63) is 0 Å². The minimum Gasteiger partial charge on any atom is -0.377 e. The molecule has 0 aliphatic carbocycles. The molecule has 5 heteroatoms. The molecule has 0 amide bonds. The standard InChI is InChI=1S/C44H93NO3Si/c1-7-9-11-13-15-17-19-21-23-25-27-29-31-33-35-37-40-44(45(3)42-39-43-49(46-4,47-5)48-6)41-38-36-34-32-30-28-26-24-22-20-18-16-14-12-10-8-2/h44H,7-43H2,1-6H3. The van der Waals surface area contributed by atoms with E-state index in [0.717, 1.165) is 19.0 Å². The lowest BCUT2D eigenvalue weighted by atomic mass is 9.98. The summed E-state index contributed by atoms with van der Waals surface area (Å²) in [5.74, 6) is 0. The molecule has 0 N–H and O–H groups in total. The molecular weight excluding hydrogens is 619 g/mol. The van der Waals surface area contributed by atoms with Crippen LogP contribution in [0.4, 0.5) is 0 Å². The summed E-state index contributed by atoms with van der Waals surface area (Å²) in [6.07, 6.45) is 49.9. The summed E-state index contributed by atoms with van der Waals surface area (Å²) in [6, 6.07) is 1.60. The fourth-order valence-corrected chi connectivity index (χ4v) is 9.43. The van der Waals surface area contributed by atoms with E-state index in [-0.39, 0.29) is 0 Å². The van der Waals surface area contributed by atoms with Gasteiger partial charge in [0.15, 0.2) is 0 Å². The molecule has 0 spiro atoms. The van der Waals surface area contributed by atoms with Gasteiger partial charge < -0.3 is 18.2 Å². The Kier molecular flexibility index (Phi) is 39.3. The molecule has 0 fully saturated rings. The first-order valence-electron chi connectivity index (χ1n) is 22.4. The van der Waals surface area contributed by atoms with E-state index in [0.29, 0.717) is 6.04 Å². The quantitative estimate of drug-likeness (QED) is 0.0466. The van der Waals surface area contributed by atoms with Crippen LogP contribution in [0.15, 0.2) is 0 Å². The zero-order chi connectivity index (χ0) is 35.9. The average molecular weight is 712 g/mol. The van der Waals surface area contributed by atoms with Crippen molar-refractivity contribution in [2.75, 3.05) is 34.9 Å². The molecule has 0 bridgehead atoms. The van der Waals surface area contributed by atoms with Crippen LogP contribution < -0.4 is 0 Å². The van der Waals surface area contributed by atoms with Crippen molar-refractivity contribution in [2.24, 2.45) is 0 Å². The van der Waals surface area contributed by atoms with E-state index in [4.69, 9.17) is 13.3 Å². The van der Waals surface area contributed by atoms with Gasteiger partial charge in [-0.3, -0.25) is 0 Å². The molecule has 0 saturated carbocycles. The second-order valence-electron chi connectivity index (χ2n) is 15.7. The van der Waals surface area contributed by atoms with Gasteiger partial charge in [0.1, 0.15) is 0 Å². The van der Waals surface area contributed by atoms with Crippen LogP contribution >= 0.6 is 0 Å². The Morgan fingerprint density at radius 1 is 0.367 bits per heavy atom. The summed E-state index contributed by atoms with van der Waals surface area (Å²) < 4.78 is 17.0. The lowest BCUT2D eigenvalue weighted by Crippen LogP contribution is -2.43. The highest BCUT2D eigenvalue weighted by Crippen LogP contribution is 2.21. The van der Waals surface area contributed by atoms with Crippen LogP contribution in [0.2, 0.25) is 6.04 Å². The Balaban J connectivity index is 4.11. The molecule has 0 aliphatic rings. The zero-order valence-electron chi connectivity index (χ0n) is 34.9. The van der Waals surface area contributed by atoms with E-state index in [2.05, 4.69) is 25.8 Å². The summed E-state index contributed by atoms with van der Waals surface area (Å²) >= 11 is 0. The van der Waals surface area contributed by atoms with Crippen molar-refractivity contribution >= 4 is 8.80 Å². The van der Waals surface area contributed by atoms with Crippen molar-refractivity contribution in [1.29, 1.82) is 0 Å². The van der Waals surface area contributed by atoms with Gasteiger partial charge in [-0.15, -0.1) is 0 Å². The van der Waals surface area contributed by atoms with E-state index in [1.807, 2.05) is 0 Å². The molecule has 49 heavy (non-hydrogen) atoms. The molecule has 0 aliphatic heterocycles. The smallest absolute Gasteiger partial charge is 0.377 e. The SMILES string of the molecule is CCCCCCCCCCCCCCCCCCC(CCCCCCCCCCCCCCCCCC)N(C)CCC[Si](OC)(OC)OC. The molecule has 0 aromatic rings. The molecular formula is C44H93NO3Si. The minimum atomic E-state index is -2.48. The summed E-state index contributed by atoms with van der Waals surface area (Å²) in [5.41, 5.74) is 0. The minimum absolute atomic E-state index is 0.710. The average Bonchev–Trinajstić information content (AvgIpc) is 3.12. The number of hydrogen-bond acceptors (Lipinski definition) is 4. The highest BCUT2D eigenvalue weighted by molar-refractivity contribution is 6.60. The Morgan fingerprint density at radius 3 is 0.857 bits per heavy atom. The van der Waals surface area contributed by atoms with Gasteiger partial charge in [0.05, 0.1) is 0 Å². The third-order valence-electron chi connectivity index (χ3n) is 11.3. The lowest BCUT2D eigenvalue weighted by molar-refractivity contribution is 0.120. The number of hydrogen-bond donors (Lipinski definition) is 0. The van der Waals surface area contributed by atoms with Gasteiger partial charge in [0, 0.05) is 33.4 Å². The monoisotopic (exact) mass is 712 g/mol. The summed E-state index contributed by atoms with van der Waals surface area (Å²) in [5, 5.41) is 0. The van der Waals surface area contributed by atoms with Crippen molar-refractivity contribution in [3.63, 3.8) is 0 Å². The maximum atomic E-state index is 5.68. The van der Waals surface area contributed by atoms with Gasteiger partial charge in [0.2, 0.25) is 0 Å². The van der Waals surface area contributed by atoms with Crippen LogP contribution in [-0.2, 0) is 13.3 Å². The topological polar surface area (TPSA) is 30.9 Å². The highest BCUT2D eigenvalue weighted by atomic mass is 28.4. The van der Waals surface area contributed by atoms with Crippen molar-refractivity contribution < 1.29 is 13.3 Å². The largest absolute Gasteiger partial charge is 0.500 e. The van der Waals surface area contributed by atoms with Crippen LogP contribution in [0.1, 0.15) is 239 Å². The van der Waals surface area contributed by atoms with Crippen LogP contribution in [0.5, 0.6) is 0 Å². The van der Waals surface area contributed by atoms with Crippen molar-refractivity contribution in [2.45, 2.75) is 251 Å². The molecule has 0 rings (SSSR count). The maximum absolute atomic E-state index is 5.68.